The summed E-state index contributed by atoms with van der Waals surface area (Å²) in [6, 6.07) is 9.74. The highest BCUT2D eigenvalue weighted by molar-refractivity contribution is 7.99. The largest absolute Gasteiger partial charge is 0.469 e. The second-order valence-corrected chi connectivity index (χ2v) is 7.15. The number of furan rings is 1. The molecular formula is C19H23N5O2S. The van der Waals surface area contributed by atoms with Gasteiger partial charge in [-0.05, 0) is 43.5 Å². The van der Waals surface area contributed by atoms with Crippen molar-refractivity contribution in [3.05, 3.63) is 47.9 Å². The van der Waals surface area contributed by atoms with E-state index in [0.29, 0.717) is 16.7 Å². The van der Waals surface area contributed by atoms with Gasteiger partial charge >= 0.3 is 0 Å². The van der Waals surface area contributed by atoms with Crippen molar-refractivity contribution in [3.8, 4) is 11.4 Å². The van der Waals surface area contributed by atoms with Crippen LogP contribution in [0.25, 0.3) is 11.4 Å². The van der Waals surface area contributed by atoms with Crippen molar-refractivity contribution in [3.63, 3.8) is 0 Å². The zero-order chi connectivity index (χ0) is 19.2. The fraction of sp³-hybridized carbons (Fsp3) is 0.316. The van der Waals surface area contributed by atoms with E-state index in [-0.39, 0.29) is 11.7 Å². The molecule has 7 nitrogen and oxygen atoms in total. The average Bonchev–Trinajstić information content (AvgIpc) is 3.24. The molecule has 2 aromatic heterocycles. The molecule has 1 amide bonds. The number of nitrogen functional groups attached to an aromatic ring is 1. The quantitative estimate of drug-likeness (QED) is 0.454. The molecule has 27 heavy (non-hydrogen) atoms. The molecule has 0 unspecified atom stereocenters. The Hall–Kier alpha value is -2.74. The molecule has 1 aromatic carbocycles. The number of carbonyl (C=O) groups excluding carboxylic acids is 1. The molecule has 3 N–H and O–H groups in total. The third kappa shape index (κ3) is 4.71. The first-order valence-corrected chi connectivity index (χ1v) is 9.83. The molecule has 0 aliphatic carbocycles. The number of rotatable bonds is 8. The first kappa shape index (κ1) is 19.0. The van der Waals surface area contributed by atoms with Crippen molar-refractivity contribution in [1.29, 1.82) is 0 Å². The Kier molecular flexibility index (Phi) is 6.18. The van der Waals surface area contributed by atoms with Crippen molar-refractivity contribution in [1.82, 2.24) is 14.9 Å². The van der Waals surface area contributed by atoms with Gasteiger partial charge in [0.05, 0.1) is 17.6 Å². The van der Waals surface area contributed by atoms with E-state index in [0.717, 1.165) is 17.7 Å². The SMILES string of the molecule is CCCCc1ccc(NC(=O)CSc2nnc(-c3ccoc3C)n2N)cc1. The maximum atomic E-state index is 12.2. The average molecular weight is 385 g/mol. The van der Waals surface area contributed by atoms with Crippen LogP contribution >= 0.6 is 11.8 Å². The topological polar surface area (TPSA) is 99.0 Å². The van der Waals surface area contributed by atoms with Crippen molar-refractivity contribution in [2.45, 2.75) is 38.3 Å². The van der Waals surface area contributed by atoms with Crippen LogP contribution in [-0.2, 0) is 11.2 Å². The monoisotopic (exact) mass is 385 g/mol. The minimum atomic E-state index is -0.120. The summed E-state index contributed by atoms with van der Waals surface area (Å²) < 4.78 is 6.64. The molecule has 0 bridgehead atoms. The lowest BCUT2D eigenvalue weighted by molar-refractivity contribution is -0.113. The van der Waals surface area contributed by atoms with Crippen LogP contribution in [-0.4, -0.2) is 26.5 Å². The zero-order valence-corrected chi connectivity index (χ0v) is 16.3. The number of unbranched alkanes of at least 4 members (excludes halogenated alkanes) is 1. The van der Waals surface area contributed by atoms with Gasteiger partial charge in [-0.1, -0.05) is 37.2 Å². The molecule has 8 heteroatoms. The van der Waals surface area contributed by atoms with Crippen molar-refractivity contribution in [2.75, 3.05) is 16.9 Å². The highest BCUT2D eigenvalue weighted by Crippen LogP contribution is 2.25. The maximum absolute atomic E-state index is 12.2. The Morgan fingerprint density at radius 3 is 2.70 bits per heavy atom. The third-order valence-electron chi connectivity index (χ3n) is 4.15. The maximum Gasteiger partial charge on any atom is 0.234 e. The van der Waals surface area contributed by atoms with Crippen molar-refractivity contribution in [2.24, 2.45) is 0 Å². The van der Waals surface area contributed by atoms with Gasteiger partial charge < -0.3 is 15.6 Å². The van der Waals surface area contributed by atoms with Crippen LogP contribution in [0, 0.1) is 6.92 Å². The van der Waals surface area contributed by atoms with E-state index in [9.17, 15) is 4.79 Å². The lowest BCUT2D eigenvalue weighted by Gasteiger charge is -2.06. The fourth-order valence-corrected chi connectivity index (χ4v) is 3.30. The molecular weight excluding hydrogens is 362 g/mol. The second kappa shape index (κ2) is 8.77. The van der Waals surface area contributed by atoms with E-state index in [1.807, 2.05) is 19.1 Å². The summed E-state index contributed by atoms with van der Waals surface area (Å²) in [7, 11) is 0. The normalized spacial score (nSPS) is 10.9. The number of thioether (sulfide) groups is 1. The van der Waals surface area contributed by atoms with Gasteiger partial charge in [0.2, 0.25) is 11.1 Å². The summed E-state index contributed by atoms with van der Waals surface area (Å²) in [6.45, 7) is 4.01. The van der Waals surface area contributed by atoms with E-state index < -0.39 is 0 Å². The molecule has 3 rings (SSSR count). The van der Waals surface area contributed by atoms with Gasteiger partial charge in [0.25, 0.3) is 0 Å². The number of anilines is 1. The number of carbonyl (C=O) groups is 1. The Morgan fingerprint density at radius 2 is 2.04 bits per heavy atom. The van der Waals surface area contributed by atoms with Gasteiger partial charge in [0.1, 0.15) is 5.76 Å². The Labute approximate surface area is 162 Å². The Balaban J connectivity index is 1.55. The van der Waals surface area contributed by atoms with Crippen LogP contribution in [0.4, 0.5) is 5.69 Å². The van der Waals surface area contributed by atoms with Crippen LogP contribution < -0.4 is 11.2 Å². The highest BCUT2D eigenvalue weighted by atomic mass is 32.2. The highest BCUT2D eigenvalue weighted by Gasteiger charge is 2.16. The second-order valence-electron chi connectivity index (χ2n) is 6.20. The molecule has 0 aliphatic heterocycles. The summed E-state index contributed by atoms with van der Waals surface area (Å²) in [6.07, 6.45) is 4.98. The van der Waals surface area contributed by atoms with Crippen LogP contribution in [0.2, 0.25) is 0 Å². The molecule has 0 atom stereocenters. The Bertz CT molecular complexity index is 901. The van der Waals surface area contributed by atoms with Gasteiger partial charge in [-0.2, -0.15) is 0 Å². The number of nitrogens with zero attached hydrogens (tertiary/aromatic N) is 3. The summed E-state index contributed by atoms with van der Waals surface area (Å²) in [5, 5.41) is 11.5. The number of aromatic nitrogens is 3. The Morgan fingerprint density at radius 1 is 1.26 bits per heavy atom. The number of benzene rings is 1. The summed E-state index contributed by atoms with van der Waals surface area (Å²) in [4.78, 5) is 12.2. The molecule has 0 fully saturated rings. The number of amides is 1. The number of nitrogens with two attached hydrogens (primary N) is 1. The smallest absolute Gasteiger partial charge is 0.234 e. The molecule has 3 aromatic rings. The van der Waals surface area contributed by atoms with Crippen LogP contribution in [0.5, 0.6) is 0 Å². The number of hydrogen-bond acceptors (Lipinski definition) is 6. The van der Waals surface area contributed by atoms with Crippen molar-refractivity contribution < 1.29 is 9.21 Å². The molecule has 0 aliphatic rings. The molecule has 0 saturated heterocycles. The van der Waals surface area contributed by atoms with Crippen LogP contribution in [0.1, 0.15) is 31.1 Å². The number of aryl methyl sites for hydroxylation is 2. The summed E-state index contributed by atoms with van der Waals surface area (Å²) >= 11 is 1.23. The molecule has 2 heterocycles. The van der Waals surface area contributed by atoms with Gasteiger partial charge in [0, 0.05) is 5.69 Å². The van der Waals surface area contributed by atoms with Gasteiger partial charge in [-0.15, -0.1) is 10.2 Å². The minimum absolute atomic E-state index is 0.120. The first-order chi connectivity index (χ1) is 13.1. The lowest BCUT2D eigenvalue weighted by atomic mass is 10.1. The van der Waals surface area contributed by atoms with E-state index in [2.05, 4.69) is 34.6 Å². The van der Waals surface area contributed by atoms with Gasteiger partial charge in [-0.3, -0.25) is 4.79 Å². The van der Waals surface area contributed by atoms with E-state index in [4.69, 9.17) is 10.3 Å². The van der Waals surface area contributed by atoms with Gasteiger partial charge in [0.15, 0.2) is 5.82 Å². The van der Waals surface area contributed by atoms with Crippen LogP contribution in [0.3, 0.4) is 0 Å². The molecule has 0 saturated carbocycles. The predicted molar refractivity (Wildman–Crippen MR) is 107 cm³/mol. The standard InChI is InChI=1S/C19H23N5O2S/c1-3-4-5-14-6-8-15(9-7-14)21-17(25)12-27-19-23-22-18(24(19)20)16-10-11-26-13(16)2/h6-11H,3-5,12,20H2,1-2H3,(H,21,25). The first-order valence-electron chi connectivity index (χ1n) is 8.85. The summed E-state index contributed by atoms with van der Waals surface area (Å²) in [5.41, 5.74) is 2.84. The van der Waals surface area contributed by atoms with Crippen molar-refractivity contribution >= 4 is 23.4 Å². The lowest BCUT2D eigenvalue weighted by Crippen LogP contribution is -2.16. The van der Waals surface area contributed by atoms with E-state index in [1.165, 1.54) is 34.8 Å². The molecule has 0 spiro atoms. The zero-order valence-electron chi connectivity index (χ0n) is 15.4. The number of nitrogens with one attached hydrogen (secondary N) is 1. The van der Waals surface area contributed by atoms with Gasteiger partial charge in [-0.25, -0.2) is 4.68 Å². The third-order valence-corrected chi connectivity index (χ3v) is 5.10. The number of hydrogen-bond donors (Lipinski definition) is 2. The molecule has 0 radical (unpaired) electrons. The van der Waals surface area contributed by atoms with E-state index in [1.54, 1.807) is 12.3 Å². The fourth-order valence-electron chi connectivity index (χ4n) is 2.64. The van der Waals surface area contributed by atoms with Crippen LogP contribution in [0.15, 0.2) is 46.2 Å². The summed E-state index contributed by atoms with van der Waals surface area (Å²) in [5.74, 6) is 7.35. The minimum Gasteiger partial charge on any atom is -0.469 e. The molecule has 142 valence electrons. The predicted octanol–water partition coefficient (Wildman–Crippen LogP) is 3.63. The van der Waals surface area contributed by atoms with E-state index >= 15 is 0 Å².